The van der Waals surface area contributed by atoms with Crippen molar-refractivity contribution in [3.05, 3.63) is 94.2 Å². The van der Waals surface area contributed by atoms with Gasteiger partial charge < -0.3 is 9.47 Å². The van der Waals surface area contributed by atoms with E-state index in [0.717, 1.165) is 21.7 Å². The Morgan fingerprint density at radius 3 is 2.32 bits per heavy atom. The summed E-state index contributed by atoms with van der Waals surface area (Å²) in [4.78, 5) is 12.8. The molecule has 0 aliphatic carbocycles. The number of ether oxygens (including phenoxy) is 2. The van der Waals surface area contributed by atoms with Crippen LogP contribution < -0.4 is 9.47 Å². The lowest BCUT2D eigenvalue weighted by atomic mass is 10.1. The van der Waals surface area contributed by atoms with E-state index in [2.05, 4.69) is 26.1 Å². The van der Waals surface area contributed by atoms with Crippen LogP contribution in [-0.4, -0.2) is 32.9 Å². The summed E-state index contributed by atoms with van der Waals surface area (Å²) in [5, 5.41) is 9.35. The van der Waals surface area contributed by atoms with Crippen molar-refractivity contribution in [3.8, 4) is 17.2 Å². The molecule has 0 saturated carbocycles. The summed E-state index contributed by atoms with van der Waals surface area (Å²) in [5.74, 6) is 2.39. The Labute approximate surface area is 211 Å². The van der Waals surface area contributed by atoms with Gasteiger partial charge in [-0.05, 0) is 78.3 Å². The number of carbonyl (C=O) groups is 1. The first-order valence-corrected chi connectivity index (χ1v) is 12.6. The van der Waals surface area contributed by atoms with E-state index in [0.29, 0.717) is 23.2 Å². The first kappa shape index (κ1) is 24.0. The number of nitrogens with zero attached hydrogens (tertiary/aromatic N) is 3. The highest BCUT2D eigenvalue weighted by molar-refractivity contribution is 9.10. The number of carbonyl (C=O) groups excluding carboxylic acids is 1. The van der Waals surface area contributed by atoms with Gasteiger partial charge in [0.1, 0.15) is 18.1 Å². The summed E-state index contributed by atoms with van der Waals surface area (Å²) < 4.78 is 14.2. The third kappa shape index (κ3) is 5.87. The highest BCUT2D eigenvalue weighted by Gasteiger charge is 2.18. The predicted molar refractivity (Wildman–Crippen MR) is 137 cm³/mol. The number of Topliss-reactive ketones (excluding diaryl/α,β-unsaturated/α-hetero) is 1. The zero-order valence-corrected chi connectivity index (χ0v) is 21.3. The van der Waals surface area contributed by atoms with Crippen LogP contribution in [0.1, 0.15) is 28.7 Å². The molecule has 0 N–H and O–H groups in total. The van der Waals surface area contributed by atoms with Crippen molar-refractivity contribution in [1.82, 2.24) is 14.8 Å². The molecule has 0 atom stereocenters. The van der Waals surface area contributed by atoms with E-state index in [-0.39, 0.29) is 18.1 Å². The molecule has 0 spiro atoms. The summed E-state index contributed by atoms with van der Waals surface area (Å²) >= 11 is 4.97. The molecule has 1 heterocycles. The third-order valence-corrected chi connectivity index (χ3v) is 6.60. The van der Waals surface area contributed by atoms with Crippen molar-refractivity contribution >= 4 is 33.5 Å². The largest absolute Gasteiger partial charge is 0.494 e. The molecule has 4 aromatic rings. The zero-order valence-electron chi connectivity index (χ0n) is 18.9. The monoisotopic (exact) mass is 537 g/mol. The van der Waals surface area contributed by atoms with Gasteiger partial charge in [0.25, 0.3) is 0 Å². The Morgan fingerprint density at radius 1 is 0.941 bits per heavy atom. The summed E-state index contributed by atoms with van der Waals surface area (Å²) in [7, 11) is 0. The minimum Gasteiger partial charge on any atom is -0.494 e. The minimum absolute atomic E-state index is 0.00665. The molecule has 0 aliphatic heterocycles. The summed E-state index contributed by atoms with van der Waals surface area (Å²) in [5.41, 5.74) is 2.68. The molecule has 0 fully saturated rings. The lowest BCUT2D eigenvalue weighted by molar-refractivity contribution is 0.102. The van der Waals surface area contributed by atoms with E-state index < -0.39 is 0 Å². The van der Waals surface area contributed by atoms with E-state index in [1.165, 1.54) is 17.3 Å². The second kappa shape index (κ2) is 11.4. The Bertz CT molecular complexity index is 1260. The van der Waals surface area contributed by atoms with Crippen molar-refractivity contribution < 1.29 is 14.3 Å². The highest BCUT2D eigenvalue weighted by Crippen LogP contribution is 2.28. The highest BCUT2D eigenvalue weighted by atomic mass is 79.9. The fourth-order valence-corrected chi connectivity index (χ4v) is 4.58. The van der Waals surface area contributed by atoms with Crippen LogP contribution in [0.3, 0.4) is 0 Å². The average Bonchev–Trinajstić information content (AvgIpc) is 3.25. The molecule has 4 rings (SSSR count). The molecule has 1 aromatic heterocycles. The molecular weight excluding hydrogens is 514 g/mol. The number of aryl methyl sites for hydroxylation is 1. The molecule has 174 valence electrons. The molecule has 0 unspecified atom stereocenters. The van der Waals surface area contributed by atoms with Crippen LogP contribution in [0.2, 0.25) is 0 Å². The molecule has 34 heavy (non-hydrogen) atoms. The van der Waals surface area contributed by atoms with Crippen molar-refractivity contribution in [2.75, 3.05) is 12.4 Å². The Balaban J connectivity index is 1.53. The number of hydrogen-bond acceptors (Lipinski definition) is 6. The molecular formula is C26H24BrN3O3S. The molecule has 0 radical (unpaired) electrons. The molecule has 8 heteroatoms. The zero-order chi connectivity index (χ0) is 23.9. The number of aromatic nitrogens is 3. The number of thioether (sulfide) groups is 1. The fourth-order valence-electron chi connectivity index (χ4n) is 3.26. The fraction of sp³-hybridized carbons (Fsp3) is 0.192. The van der Waals surface area contributed by atoms with Crippen LogP contribution >= 0.6 is 27.7 Å². The molecule has 3 aromatic carbocycles. The molecule has 0 amide bonds. The molecule has 0 aliphatic rings. The van der Waals surface area contributed by atoms with E-state index in [1.807, 2.05) is 79.1 Å². The second-order valence-electron chi connectivity index (χ2n) is 7.46. The summed E-state index contributed by atoms with van der Waals surface area (Å²) in [6, 6.07) is 22.9. The number of benzene rings is 3. The molecule has 6 nitrogen and oxygen atoms in total. The van der Waals surface area contributed by atoms with Crippen molar-refractivity contribution in [1.29, 1.82) is 0 Å². The normalized spacial score (nSPS) is 10.8. The van der Waals surface area contributed by atoms with Crippen molar-refractivity contribution in [2.45, 2.75) is 25.6 Å². The maximum absolute atomic E-state index is 12.8. The Morgan fingerprint density at radius 2 is 1.62 bits per heavy atom. The van der Waals surface area contributed by atoms with Gasteiger partial charge in [-0.15, -0.1) is 10.2 Å². The van der Waals surface area contributed by atoms with Gasteiger partial charge in [0, 0.05) is 10.0 Å². The predicted octanol–water partition coefficient (Wildman–Crippen LogP) is 6.29. The van der Waals surface area contributed by atoms with Crippen LogP contribution in [-0.2, 0) is 6.61 Å². The standard InChI is InChI=1S/C26H24BrN3O3S/c1-3-32-20-14-10-19(11-15-20)24(31)17-34-26-29-28-25(16-33-21-12-8-18(2)9-13-21)30(26)23-7-5-4-6-22(23)27/h4-15H,3,16-17H2,1-2H3. The van der Waals surface area contributed by atoms with Gasteiger partial charge in [0.05, 0.1) is 18.0 Å². The number of para-hydroxylation sites is 1. The van der Waals surface area contributed by atoms with Crippen LogP contribution in [0, 0.1) is 6.92 Å². The lowest BCUT2D eigenvalue weighted by Crippen LogP contribution is -2.08. The van der Waals surface area contributed by atoms with E-state index in [9.17, 15) is 4.79 Å². The van der Waals surface area contributed by atoms with Gasteiger partial charge in [0.15, 0.2) is 16.8 Å². The van der Waals surface area contributed by atoms with E-state index in [4.69, 9.17) is 9.47 Å². The average molecular weight is 538 g/mol. The first-order valence-electron chi connectivity index (χ1n) is 10.8. The van der Waals surface area contributed by atoms with Gasteiger partial charge in [-0.1, -0.05) is 41.6 Å². The number of rotatable bonds is 10. The Hall–Kier alpha value is -3.10. The van der Waals surface area contributed by atoms with Crippen LogP contribution in [0.5, 0.6) is 11.5 Å². The van der Waals surface area contributed by atoms with E-state index >= 15 is 0 Å². The number of ketones is 1. The molecule has 0 bridgehead atoms. The summed E-state index contributed by atoms with van der Waals surface area (Å²) in [6.45, 7) is 4.79. The maximum Gasteiger partial charge on any atom is 0.196 e. The number of halogens is 1. The van der Waals surface area contributed by atoms with Crippen LogP contribution in [0.25, 0.3) is 5.69 Å². The third-order valence-electron chi connectivity index (χ3n) is 5.00. The first-order chi connectivity index (χ1) is 16.5. The second-order valence-corrected chi connectivity index (χ2v) is 9.25. The lowest BCUT2D eigenvalue weighted by Gasteiger charge is -2.13. The molecule has 0 saturated heterocycles. The van der Waals surface area contributed by atoms with Crippen LogP contribution in [0.4, 0.5) is 0 Å². The SMILES string of the molecule is CCOc1ccc(C(=O)CSc2nnc(COc3ccc(C)cc3)n2-c2ccccc2Br)cc1. The quantitative estimate of drug-likeness (QED) is 0.175. The van der Waals surface area contributed by atoms with Crippen LogP contribution in [0.15, 0.2) is 82.4 Å². The summed E-state index contributed by atoms with van der Waals surface area (Å²) in [6.07, 6.45) is 0. The van der Waals surface area contributed by atoms with Crippen molar-refractivity contribution in [2.24, 2.45) is 0 Å². The van der Waals surface area contributed by atoms with Gasteiger partial charge in [0.2, 0.25) is 0 Å². The van der Waals surface area contributed by atoms with Gasteiger partial charge in [-0.25, -0.2) is 0 Å². The van der Waals surface area contributed by atoms with Crippen molar-refractivity contribution in [3.63, 3.8) is 0 Å². The maximum atomic E-state index is 12.8. The minimum atomic E-state index is 0.00665. The Kier molecular flexibility index (Phi) is 8.03. The van der Waals surface area contributed by atoms with Gasteiger partial charge >= 0.3 is 0 Å². The van der Waals surface area contributed by atoms with Gasteiger partial charge in [-0.2, -0.15) is 0 Å². The smallest absolute Gasteiger partial charge is 0.196 e. The van der Waals surface area contributed by atoms with Gasteiger partial charge in [-0.3, -0.25) is 9.36 Å². The number of hydrogen-bond donors (Lipinski definition) is 0. The van der Waals surface area contributed by atoms with E-state index in [1.54, 1.807) is 12.1 Å². The topological polar surface area (TPSA) is 66.2 Å².